The van der Waals surface area contributed by atoms with Crippen LogP contribution in [0.4, 0.5) is 8.78 Å². The van der Waals surface area contributed by atoms with E-state index in [1.807, 2.05) is 0 Å². The topological polar surface area (TPSA) is 26.3 Å². The second-order valence-electron chi connectivity index (χ2n) is 4.21. The molecule has 0 spiro atoms. The fourth-order valence-electron chi connectivity index (χ4n) is 1.68. The summed E-state index contributed by atoms with van der Waals surface area (Å²) in [5.41, 5.74) is 0.0541. The van der Waals surface area contributed by atoms with Crippen molar-refractivity contribution in [3.63, 3.8) is 0 Å². The van der Waals surface area contributed by atoms with E-state index in [2.05, 4.69) is 0 Å². The predicted octanol–water partition coefficient (Wildman–Crippen LogP) is 4.27. The van der Waals surface area contributed by atoms with E-state index in [0.29, 0.717) is 10.8 Å². The first-order chi connectivity index (χ1) is 9.47. The zero-order chi connectivity index (χ0) is 14.7. The van der Waals surface area contributed by atoms with Gasteiger partial charge in [-0.2, -0.15) is 0 Å². The van der Waals surface area contributed by atoms with Crippen LogP contribution in [-0.2, 0) is 0 Å². The number of benzene rings is 2. The Kier molecular flexibility index (Phi) is 4.35. The summed E-state index contributed by atoms with van der Waals surface area (Å²) < 4.78 is 31.4. The molecule has 1 atom stereocenters. The monoisotopic (exact) mass is 296 g/mol. The molecule has 0 saturated carbocycles. The van der Waals surface area contributed by atoms with Gasteiger partial charge in [-0.25, -0.2) is 8.78 Å². The van der Waals surface area contributed by atoms with E-state index in [9.17, 15) is 13.6 Å². The summed E-state index contributed by atoms with van der Waals surface area (Å²) in [5, 5.41) is 0.481. The molecule has 2 rings (SSSR count). The quantitative estimate of drug-likeness (QED) is 0.788. The smallest absolute Gasteiger partial charge is 0.203 e. The maximum Gasteiger partial charge on any atom is 0.203 e. The summed E-state index contributed by atoms with van der Waals surface area (Å²) in [4.78, 5) is 12.1. The van der Waals surface area contributed by atoms with Crippen LogP contribution in [-0.4, -0.2) is 11.9 Å². The van der Waals surface area contributed by atoms with Gasteiger partial charge in [0.05, 0.1) is 0 Å². The Balaban J connectivity index is 2.14. The van der Waals surface area contributed by atoms with Gasteiger partial charge < -0.3 is 4.74 Å². The molecule has 2 aromatic carbocycles. The molecule has 2 nitrogen and oxygen atoms in total. The average Bonchev–Trinajstić information content (AvgIpc) is 2.41. The van der Waals surface area contributed by atoms with Gasteiger partial charge in [0.15, 0.2) is 17.7 Å². The number of halogens is 3. The first kappa shape index (κ1) is 14.5. The lowest BCUT2D eigenvalue weighted by atomic mass is 10.1. The molecule has 104 valence electrons. The van der Waals surface area contributed by atoms with Crippen LogP contribution in [0, 0.1) is 11.6 Å². The van der Waals surface area contributed by atoms with Crippen molar-refractivity contribution in [3.8, 4) is 5.75 Å². The Morgan fingerprint density at radius 1 is 1.15 bits per heavy atom. The van der Waals surface area contributed by atoms with Gasteiger partial charge in [0, 0.05) is 10.6 Å². The van der Waals surface area contributed by atoms with Crippen LogP contribution in [0.1, 0.15) is 17.3 Å². The molecule has 0 radical (unpaired) electrons. The van der Waals surface area contributed by atoms with Gasteiger partial charge in [-0.1, -0.05) is 17.7 Å². The van der Waals surface area contributed by atoms with Crippen molar-refractivity contribution in [2.45, 2.75) is 13.0 Å². The zero-order valence-electron chi connectivity index (χ0n) is 10.6. The van der Waals surface area contributed by atoms with Crippen molar-refractivity contribution in [2.24, 2.45) is 0 Å². The van der Waals surface area contributed by atoms with E-state index >= 15 is 0 Å². The van der Waals surface area contributed by atoms with E-state index in [4.69, 9.17) is 16.3 Å². The minimum Gasteiger partial charge on any atom is -0.483 e. The lowest BCUT2D eigenvalue weighted by Gasteiger charge is -2.14. The van der Waals surface area contributed by atoms with Crippen LogP contribution in [0.25, 0.3) is 0 Å². The Morgan fingerprint density at radius 3 is 2.55 bits per heavy atom. The van der Waals surface area contributed by atoms with Gasteiger partial charge >= 0.3 is 0 Å². The van der Waals surface area contributed by atoms with Crippen molar-refractivity contribution in [2.75, 3.05) is 0 Å². The number of hydrogen-bond donors (Lipinski definition) is 0. The molecule has 0 aliphatic rings. The van der Waals surface area contributed by atoms with E-state index in [1.165, 1.54) is 13.0 Å². The molecule has 0 aliphatic heterocycles. The van der Waals surface area contributed by atoms with Crippen molar-refractivity contribution in [1.29, 1.82) is 0 Å². The summed E-state index contributed by atoms with van der Waals surface area (Å²) in [6.45, 7) is 1.53. The van der Waals surface area contributed by atoms with Crippen LogP contribution < -0.4 is 4.74 Å². The number of rotatable bonds is 4. The number of ether oxygens (including phenoxy) is 1. The lowest BCUT2D eigenvalue weighted by molar-refractivity contribution is 0.0817. The third kappa shape index (κ3) is 3.33. The van der Waals surface area contributed by atoms with Crippen molar-refractivity contribution in [3.05, 3.63) is 64.7 Å². The van der Waals surface area contributed by atoms with Crippen molar-refractivity contribution >= 4 is 17.4 Å². The molecule has 0 saturated heterocycles. The molecular formula is C15H11ClF2O2. The molecule has 0 N–H and O–H groups in total. The van der Waals surface area contributed by atoms with Gasteiger partial charge in [0.1, 0.15) is 5.75 Å². The Labute approximate surface area is 119 Å². The number of carbonyl (C=O) groups is 1. The van der Waals surface area contributed by atoms with E-state index in [-0.39, 0.29) is 5.56 Å². The highest BCUT2D eigenvalue weighted by molar-refractivity contribution is 6.30. The standard InChI is InChI=1S/C15H11ClF2O2/c1-9(20-12-4-2-3-11(16)8-12)15(19)10-5-6-13(17)14(18)7-10/h2-9H,1H3. The molecule has 0 fully saturated rings. The molecule has 0 heterocycles. The minimum atomic E-state index is -1.06. The highest BCUT2D eigenvalue weighted by Gasteiger charge is 2.18. The van der Waals surface area contributed by atoms with Crippen LogP contribution in [0.5, 0.6) is 5.75 Å². The van der Waals surface area contributed by atoms with Gasteiger partial charge in [-0.05, 0) is 43.3 Å². The fourth-order valence-corrected chi connectivity index (χ4v) is 1.86. The molecule has 0 amide bonds. The Hall–Kier alpha value is -1.94. The summed E-state index contributed by atoms with van der Waals surface area (Å²) in [7, 11) is 0. The zero-order valence-corrected chi connectivity index (χ0v) is 11.3. The molecule has 5 heteroatoms. The normalized spacial score (nSPS) is 12.0. The van der Waals surface area contributed by atoms with E-state index in [0.717, 1.165) is 12.1 Å². The van der Waals surface area contributed by atoms with E-state index < -0.39 is 23.5 Å². The van der Waals surface area contributed by atoms with Crippen molar-refractivity contribution < 1.29 is 18.3 Å². The van der Waals surface area contributed by atoms with Gasteiger partial charge in [-0.3, -0.25) is 4.79 Å². The van der Waals surface area contributed by atoms with Gasteiger partial charge in [0.25, 0.3) is 0 Å². The third-order valence-corrected chi connectivity index (χ3v) is 2.92. The largest absolute Gasteiger partial charge is 0.483 e. The highest BCUT2D eigenvalue weighted by atomic mass is 35.5. The Morgan fingerprint density at radius 2 is 1.90 bits per heavy atom. The predicted molar refractivity (Wildman–Crippen MR) is 72.2 cm³/mol. The molecule has 20 heavy (non-hydrogen) atoms. The molecule has 0 aromatic heterocycles. The summed E-state index contributed by atoms with van der Waals surface area (Å²) in [6.07, 6.45) is -0.835. The average molecular weight is 297 g/mol. The number of ketones is 1. The Bertz CT molecular complexity index is 644. The maximum absolute atomic E-state index is 13.1. The SMILES string of the molecule is CC(Oc1cccc(Cl)c1)C(=O)c1ccc(F)c(F)c1. The third-order valence-electron chi connectivity index (χ3n) is 2.68. The fraction of sp³-hybridized carbons (Fsp3) is 0.133. The van der Waals surface area contributed by atoms with Gasteiger partial charge in [-0.15, -0.1) is 0 Å². The number of hydrogen-bond acceptors (Lipinski definition) is 2. The molecule has 0 bridgehead atoms. The highest BCUT2D eigenvalue weighted by Crippen LogP contribution is 2.20. The molecule has 2 aromatic rings. The second kappa shape index (κ2) is 6.01. The van der Waals surface area contributed by atoms with Crippen LogP contribution in [0.3, 0.4) is 0 Å². The summed E-state index contributed by atoms with van der Waals surface area (Å²) >= 11 is 5.81. The van der Waals surface area contributed by atoms with E-state index in [1.54, 1.807) is 24.3 Å². The maximum atomic E-state index is 13.1. The first-order valence-electron chi connectivity index (χ1n) is 5.89. The molecule has 0 aliphatic carbocycles. The van der Waals surface area contributed by atoms with Crippen LogP contribution >= 0.6 is 11.6 Å². The minimum absolute atomic E-state index is 0.0541. The van der Waals surface area contributed by atoms with Crippen LogP contribution in [0.2, 0.25) is 5.02 Å². The lowest BCUT2D eigenvalue weighted by Crippen LogP contribution is -2.24. The summed E-state index contributed by atoms with van der Waals surface area (Å²) in [5.74, 6) is -2.07. The summed E-state index contributed by atoms with van der Waals surface area (Å²) in [6, 6.07) is 9.57. The second-order valence-corrected chi connectivity index (χ2v) is 4.65. The van der Waals surface area contributed by atoms with Gasteiger partial charge in [0.2, 0.25) is 5.78 Å². The number of carbonyl (C=O) groups excluding carboxylic acids is 1. The molecular weight excluding hydrogens is 286 g/mol. The molecule has 1 unspecified atom stereocenters. The number of Topliss-reactive ketones (excluding diaryl/α,β-unsaturated/α-hetero) is 1. The first-order valence-corrected chi connectivity index (χ1v) is 6.26. The van der Waals surface area contributed by atoms with Crippen LogP contribution in [0.15, 0.2) is 42.5 Å². The van der Waals surface area contributed by atoms with Crippen molar-refractivity contribution in [1.82, 2.24) is 0 Å².